The van der Waals surface area contributed by atoms with Gasteiger partial charge in [0.05, 0.1) is 11.1 Å². The van der Waals surface area contributed by atoms with Crippen molar-refractivity contribution in [1.29, 1.82) is 0 Å². The van der Waals surface area contributed by atoms with Gasteiger partial charge in [0.2, 0.25) is 0 Å². The summed E-state index contributed by atoms with van der Waals surface area (Å²) in [5.74, 6) is 0.616. The number of aliphatic hydroxyl groups excluding tert-OH is 1. The van der Waals surface area contributed by atoms with E-state index >= 15 is 0 Å². The second-order valence-electron chi connectivity index (χ2n) is 4.60. The van der Waals surface area contributed by atoms with Crippen LogP contribution >= 0.6 is 23.2 Å². The van der Waals surface area contributed by atoms with Crippen LogP contribution in [0.15, 0.2) is 42.5 Å². The van der Waals surface area contributed by atoms with Crippen molar-refractivity contribution in [2.75, 3.05) is 0 Å². The van der Waals surface area contributed by atoms with E-state index in [1.807, 2.05) is 30.3 Å². The van der Waals surface area contributed by atoms with Crippen molar-refractivity contribution in [3.05, 3.63) is 63.6 Å². The lowest BCUT2D eigenvalue weighted by molar-refractivity contribution is 0.0209. The van der Waals surface area contributed by atoms with Crippen molar-refractivity contribution >= 4 is 23.2 Å². The van der Waals surface area contributed by atoms with E-state index < -0.39 is 12.2 Å². The van der Waals surface area contributed by atoms with Crippen LogP contribution in [0.1, 0.15) is 17.2 Å². The van der Waals surface area contributed by atoms with Crippen LogP contribution in [-0.2, 0) is 6.42 Å². The van der Waals surface area contributed by atoms with Crippen LogP contribution in [0.4, 0.5) is 0 Å². The number of rotatable bonds is 1. The average Bonchev–Trinajstić information content (AvgIpc) is 2.38. The molecule has 98 valence electrons. The normalized spacial score (nSPS) is 21.6. The van der Waals surface area contributed by atoms with Gasteiger partial charge in [0.1, 0.15) is 11.9 Å². The summed E-state index contributed by atoms with van der Waals surface area (Å²) < 4.78 is 5.88. The zero-order valence-corrected chi connectivity index (χ0v) is 11.5. The zero-order valence-electron chi connectivity index (χ0n) is 10.0. The van der Waals surface area contributed by atoms with Crippen LogP contribution in [-0.4, -0.2) is 11.2 Å². The standard InChI is InChI=1S/C15H12Cl2O2/c16-11-6-10-7-13(18)15(9-4-2-1-3-5-9)19-14(10)12(17)8-11/h1-6,8,13,15,18H,7H2/t13-,15+/m0/s1. The maximum Gasteiger partial charge on any atom is 0.150 e. The number of benzene rings is 2. The highest BCUT2D eigenvalue weighted by Gasteiger charge is 2.31. The first-order chi connectivity index (χ1) is 9.15. The first-order valence-electron chi connectivity index (χ1n) is 6.03. The highest BCUT2D eigenvalue weighted by molar-refractivity contribution is 6.35. The molecule has 1 heterocycles. The van der Waals surface area contributed by atoms with E-state index in [1.165, 1.54) is 0 Å². The Morgan fingerprint density at radius 2 is 1.84 bits per heavy atom. The lowest BCUT2D eigenvalue weighted by Gasteiger charge is -2.31. The molecule has 0 amide bonds. The van der Waals surface area contributed by atoms with Gasteiger partial charge in [0.25, 0.3) is 0 Å². The molecule has 0 bridgehead atoms. The van der Waals surface area contributed by atoms with Gasteiger partial charge in [-0.15, -0.1) is 0 Å². The summed E-state index contributed by atoms with van der Waals surface area (Å²) in [6, 6.07) is 13.1. The summed E-state index contributed by atoms with van der Waals surface area (Å²) in [6.07, 6.45) is -0.522. The largest absolute Gasteiger partial charge is 0.481 e. The molecular weight excluding hydrogens is 283 g/mol. The van der Waals surface area contributed by atoms with Crippen LogP contribution in [0, 0.1) is 0 Å². The molecule has 1 N–H and O–H groups in total. The quantitative estimate of drug-likeness (QED) is 0.860. The van der Waals surface area contributed by atoms with E-state index in [4.69, 9.17) is 27.9 Å². The maximum atomic E-state index is 10.2. The van der Waals surface area contributed by atoms with E-state index in [0.717, 1.165) is 11.1 Å². The third-order valence-electron chi connectivity index (χ3n) is 3.24. The first-order valence-corrected chi connectivity index (χ1v) is 6.78. The molecule has 19 heavy (non-hydrogen) atoms. The molecule has 0 radical (unpaired) electrons. The predicted molar refractivity (Wildman–Crippen MR) is 76.0 cm³/mol. The Bertz CT molecular complexity index is 599. The predicted octanol–water partition coefficient (Wildman–Crippen LogP) is 4.03. The molecule has 2 nitrogen and oxygen atoms in total. The second-order valence-corrected chi connectivity index (χ2v) is 5.44. The molecule has 0 aliphatic carbocycles. The monoisotopic (exact) mass is 294 g/mol. The highest BCUT2D eigenvalue weighted by atomic mass is 35.5. The number of fused-ring (bicyclic) bond motifs is 1. The fourth-order valence-corrected chi connectivity index (χ4v) is 2.95. The summed E-state index contributed by atoms with van der Waals surface area (Å²) in [4.78, 5) is 0. The van der Waals surface area contributed by atoms with E-state index in [-0.39, 0.29) is 0 Å². The van der Waals surface area contributed by atoms with Gasteiger partial charge in [-0.3, -0.25) is 0 Å². The highest BCUT2D eigenvalue weighted by Crippen LogP contribution is 2.41. The molecule has 0 saturated carbocycles. The summed E-state index contributed by atoms with van der Waals surface area (Å²) in [6.45, 7) is 0. The van der Waals surface area contributed by atoms with Crippen LogP contribution in [0.25, 0.3) is 0 Å². The van der Waals surface area contributed by atoms with Gasteiger partial charge >= 0.3 is 0 Å². The van der Waals surface area contributed by atoms with Crippen molar-refractivity contribution in [2.24, 2.45) is 0 Å². The lowest BCUT2D eigenvalue weighted by Crippen LogP contribution is -2.30. The minimum Gasteiger partial charge on any atom is -0.481 e. The van der Waals surface area contributed by atoms with Crippen molar-refractivity contribution in [3.8, 4) is 5.75 Å². The molecule has 1 aliphatic heterocycles. The molecule has 2 aromatic carbocycles. The fraction of sp³-hybridized carbons (Fsp3) is 0.200. The summed E-state index contributed by atoms with van der Waals surface area (Å²) >= 11 is 12.1. The van der Waals surface area contributed by atoms with Gasteiger partial charge in [0.15, 0.2) is 0 Å². The maximum absolute atomic E-state index is 10.2. The molecule has 1 aliphatic rings. The SMILES string of the molecule is O[C@H]1Cc2cc(Cl)cc(Cl)c2O[C@@H]1c1ccccc1. The second kappa shape index (κ2) is 5.04. The molecule has 0 spiro atoms. The minimum atomic E-state index is -0.607. The third kappa shape index (κ3) is 2.44. The topological polar surface area (TPSA) is 29.5 Å². The molecule has 3 rings (SSSR count). The van der Waals surface area contributed by atoms with Crippen molar-refractivity contribution in [1.82, 2.24) is 0 Å². The fourth-order valence-electron chi connectivity index (χ4n) is 2.37. The Balaban J connectivity index is 2.00. The van der Waals surface area contributed by atoms with E-state index in [1.54, 1.807) is 12.1 Å². The van der Waals surface area contributed by atoms with Crippen LogP contribution < -0.4 is 4.74 Å². The van der Waals surface area contributed by atoms with Gasteiger partial charge < -0.3 is 9.84 Å². The van der Waals surface area contributed by atoms with Crippen LogP contribution in [0.3, 0.4) is 0 Å². The Labute approximate surface area is 121 Å². The lowest BCUT2D eigenvalue weighted by atomic mass is 9.95. The van der Waals surface area contributed by atoms with Gasteiger partial charge in [-0.25, -0.2) is 0 Å². The van der Waals surface area contributed by atoms with Crippen molar-refractivity contribution < 1.29 is 9.84 Å². The van der Waals surface area contributed by atoms with Gasteiger partial charge in [-0.2, -0.15) is 0 Å². The molecule has 4 heteroatoms. The number of hydrogen-bond acceptors (Lipinski definition) is 2. The van der Waals surface area contributed by atoms with Crippen molar-refractivity contribution in [3.63, 3.8) is 0 Å². The van der Waals surface area contributed by atoms with Gasteiger partial charge in [-0.1, -0.05) is 53.5 Å². The zero-order chi connectivity index (χ0) is 13.4. The third-order valence-corrected chi connectivity index (χ3v) is 3.74. The van der Waals surface area contributed by atoms with Crippen LogP contribution in [0.5, 0.6) is 5.75 Å². The minimum absolute atomic E-state index is 0.396. The molecular formula is C15H12Cl2O2. The molecule has 0 unspecified atom stereocenters. The van der Waals surface area contributed by atoms with Gasteiger partial charge in [0, 0.05) is 11.4 Å². The number of aliphatic hydroxyl groups is 1. The van der Waals surface area contributed by atoms with E-state index in [0.29, 0.717) is 22.2 Å². The number of ether oxygens (including phenoxy) is 1. The van der Waals surface area contributed by atoms with Crippen molar-refractivity contribution in [2.45, 2.75) is 18.6 Å². The Hall–Kier alpha value is -1.22. The molecule has 0 saturated heterocycles. The first kappa shape index (κ1) is 12.8. The van der Waals surface area contributed by atoms with Crippen LogP contribution in [0.2, 0.25) is 10.0 Å². The molecule has 2 aromatic rings. The van der Waals surface area contributed by atoms with E-state index in [2.05, 4.69) is 0 Å². The Kier molecular flexibility index (Phi) is 3.40. The summed E-state index contributed by atoms with van der Waals surface area (Å²) in [5.41, 5.74) is 1.78. The smallest absolute Gasteiger partial charge is 0.150 e. The van der Waals surface area contributed by atoms with E-state index in [9.17, 15) is 5.11 Å². The number of halogens is 2. The number of hydrogen-bond donors (Lipinski definition) is 1. The Morgan fingerprint density at radius 3 is 2.58 bits per heavy atom. The molecule has 0 aromatic heterocycles. The summed E-state index contributed by atoms with van der Waals surface area (Å²) in [7, 11) is 0. The molecule has 0 fully saturated rings. The Morgan fingerprint density at radius 1 is 1.11 bits per heavy atom. The molecule has 2 atom stereocenters. The average molecular weight is 295 g/mol. The summed E-state index contributed by atoms with van der Waals surface area (Å²) in [5, 5.41) is 11.3. The van der Waals surface area contributed by atoms with Gasteiger partial charge in [-0.05, 0) is 23.3 Å².